The molecule has 1 aromatic rings. The molecule has 60 valence electrons. The van der Waals surface area contributed by atoms with Crippen molar-refractivity contribution in [3.8, 4) is 0 Å². The first-order chi connectivity index (χ1) is 5.11. The summed E-state index contributed by atoms with van der Waals surface area (Å²) >= 11 is 6.80. The zero-order valence-corrected chi connectivity index (χ0v) is 9.61. The van der Waals surface area contributed by atoms with Crippen molar-refractivity contribution < 1.29 is 0 Å². The summed E-state index contributed by atoms with van der Waals surface area (Å²) < 4.78 is 2.07. The predicted molar refractivity (Wildman–Crippen MR) is 53.7 cm³/mol. The third-order valence-electron chi connectivity index (χ3n) is 1.42. The van der Waals surface area contributed by atoms with Crippen molar-refractivity contribution in [2.24, 2.45) is 0 Å². The van der Waals surface area contributed by atoms with Crippen molar-refractivity contribution >= 4 is 31.9 Å². The maximum Gasteiger partial charge on any atom is 0.0501 e. The summed E-state index contributed by atoms with van der Waals surface area (Å²) in [6.45, 7) is 4.26. The third kappa shape index (κ3) is 2.27. The van der Waals surface area contributed by atoms with E-state index >= 15 is 0 Å². The standard InChI is InChI=1S/C8H9Br2N/c1-5(2)8-3-6(9)7(10)4-11-8/h3-5H,1-2H3. The zero-order chi connectivity index (χ0) is 8.43. The van der Waals surface area contributed by atoms with Crippen LogP contribution in [0.5, 0.6) is 0 Å². The van der Waals surface area contributed by atoms with Gasteiger partial charge in [-0.25, -0.2) is 0 Å². The second-order valence-electron chi connectivity index (χ2n) is 2.68. The first-order valence-corrected chi connectivity index (χ1v) is 5.01. The molecular formula is C8H9Br2N. The maximum atomic E-state index is 4.26. The largest absolute Gasteiger partial charge is 0.260 e. The van der Waals surface area contributed by atoms with Crippen LogP contribution < -0.4 is 0 Å². The number of rotatable bonds is 1. The summed E-state index contributed by atoms with van der Waals surface area (Å²) in [6.07, 6.45) is 1.82. The number of nitrogens with zero attached hydrogens (tertiary/aromatic N) is 1. The lowest BCUT2D eigenvalue weighted by atomic mass is 10.1. The maximum absolute atomic E-state index is 4.26. The first-order valence-electron chi connectivity index (χ1n) is 3.42. The van der Waals surface area contributed by atoms with E-state index in [0.29, 0.717) is 5.92 Å². The lowest BCUT2D eigenvalue weighted by molar-refractivity contribution is 0.820. The number of hydrogen-bond acceptors (Lipinski definition) is 1. The van der Waals surface area contributed by atoms with E-state index in [1.54, 1.807) is 0 Å². The molecule has 0 fully saturated rings. The van der Waals surface area contributed by atoms with E-state index in [2.05, 4.69) is 50.7 Å². The molecule has 1 rings (SSSR count). The second kappa shape index (κ2) is 3.68. The van der Waals surface area contributed by atoms with Crippen LogP contribution in [-0.4, -0.2) is 4.98 Å². The molecule has 1 aromatic heterocycles. The summed E-state index contributed by atoms with van der Waals surface area (Å²) in [7, 11) is 0. The van der Waals surface area contributed by atoms with E-state index in [4.69, 9.17) is 0 Å². The molecule has 0 saturated heterocycles. The van der Waals surface area contributed by atoms with Gasteiger partial charge in [0.1, 0.15) is 0 Å². The van der Waals surface area contributed by atoms with E-state index in [1.807, 2.05) is 12.3 Å². The van der Waals surface area contributed by atoms with Crippen LogP contribution in [0.2, 0.25) is 0 Å². The van der Waals surface area contributed by atoms with Crippen LogP contribution in [-0.2, 0) is 0 Å². The highest BCUT2D eigenvalue weighted by Crippen LogP contribution is 2.24. The quantitative estimate of drug-likeness (QED) is 0.763. The molecule has 0 N–H and O–H groups in total. The summed E-state index contributed by atoms with van der Waals surface area (Å²) in [5, 5.41) is 0. The van der Waals surface area contributed by atoms with Crippen LogP contribution >= 0.6 is 31.9 Å². The molecule has 0 aromatic carbocycles. The summed E-state index contributed by atoms with van der Waals surface area (Å²) in [4.78, 5) is 4.26. The average Bonchev–Trinajstić information content (AvgIpc) is 1.94. The Morgan fingerprint density at radius 2 is 1.91 bits per heavy atom. The van der Waals surface area contributed by atoms with Crippen molar-refractivity contribution in [2.75, 3.05) is 0 Å². The Balaban J connectivity index is 3.05. The van der Waals surface area contributed by atoms with Gasteiger partial charge in [0.05, 0.1) is 4.47 Å². The van der Waals surface area contributed by atoms with E-state index < -0.39 is 0 Å². The number of pyridine rings is 1. The fourth-order valence-corrected chi connectivity index (χ4v) is 1.30. The molecule has 0 radical (unpaired) electrons. The fraction of sp³-hybridized carbons (Fsp3) is 0.375. The Labute approximate surface area is 83.5 Å². The summed E-state index contributed by atoms with van der Waals surface area (Å²) in [5.74, 6) is 0.486. The van der Waals surface area contributed by atoms with Gasteiger partial charge in [-0.1, -0.05) is 13.8 Å². The normalized spacial score (nSPS) is 10.6. The Bertz CT molecular complexity index is 258. The number of aromatic nitrogens is 1. The van der Waals surface area contributed by atoms with Gasteiger partial charge in [-0.3, -0.25) is 4.98 Å². The van der Waals surface area contributed by atoms with Crippen molar-refractivity contribution in [3.63, 3.8) is 0 Å². The molecule has 0 spiro atoms. The Kier molecular flexibility index (Phi) is 3.07. The SMILES string of the molecule is CC(C)c1cc(Br)c(Br)cn1. The topological polar surface area (TPSA) is 12.9 Å². The van der Waals surface area contributed by atoms with Gasteiger partial charge >= 0.3 is 0 Å². The lowest BCUT2D eigenvalue weighted by Crippen LogP contribution is -1.91. The van der Waals surface area contributed by atoms with E-state index in [9.17, 15) is 0 Å². The summed E-state index contributed by atoms with van der Waals surface area (Å²) in [5.41, 5.74) is 1.11. The molecule has 0 aliphatic heterocycles. The highest BCUT2D eigenvalue weighted by Gasteiger charge is 2.02. The Morgan fingerprint density at radius 3 is 2.36 bits per heavy atom. The van der Waals surface area contributed by atoms with E-state index in [-0.39, 0.29) is 0 Å². The molecule has 0 unspecified atom stereocenters. The van der Waals surface area contributed by atoms with Gasteiger partial charge < -0.3 is 0 Å². The molecular weight excluding hydrogens is 270 g/mol. The van der Waals surface area contributed by atoms with Crippen LogP contribution in [0, 0.1) is 0 Å². The van der Waals surface area contributed by atoms with Gasteiger partial charge in [0, 0.05) is 16.4 Å². The van der Waals surface area contributed by atoms with Crippen LogP contribution in [0.3, 0.4) is 0 Å². The molecule has 0 atom stereocenters. The van der Waals surface area contributed by atoms with Crippen molar-refractivity contribution in [2.45, 2.75) is 19.8 Å². The highest BCUT2D eigenvalue weighted by atomic mass is 79.9. The predicted octanol–water partition coefficient (Wildman–Crippen LogP) is 3.73. The summed E-state index contributed by atoms with van der Waals surface area (Å²) in [6, 6.07) is 2.04. The third-order valence-corrected chi connectivity index (χ3v) is 3.24. The minimum absolute atomic E-state index is 0.486. The van der Waals surface area contributed by atoms with Gasteiger partial charge in [0.2, 0.25) is 0 Å². The molecule has 3 heteroatoms. The monoisotopic (exact) mass is 277 g/mol. The van der Waals surface area contributed by atoms with Crippen LogP contribution in [0.25, 0.3) is 0 Å². The van der Waals surface area contributed by atoms with Gasteiger partial charge in [-0.15, -0.1) is 0 Å². The lowest BCUT2D eigenvalue weighted by Gasteiger charge is -2.04. The first kappa shape index (κ1) is 9.20. The van der Waals surface area contributed by atoms with Gasteiger partial charge in [-0.05, 0) is 43.8 Å². The molecule has 0 aliphatic rings. The van der Waals surface area contributed by atoms with Crippen LogP contribution in [0.15, 0.2) is 21.2 Å². The number of hydrogen-bond donors (Lipinski definition) is 0. The van der Waals surface area contributed by atoms with E-state index in [1.165, 1.54) is 0 Å². The Hall–Kier alpha value is 0.110. The van der Waals surface area contributed by atoms with Gasteiger partial charge in [-0.2, -0.15) is 0 Å². The molecule has 0 saturated carbocycles. The van der Waals surface area contributed by atoms with Crippen molar-refractivity contribution in [1.82, 2.24) is 4.98 Å². The second-order valence-corrected chi connectivity index (χ2v) is 4.39. The van der Waals surface area contributed by atoms with Crippen LogP contribution in [0.1, 0.15) is 25.5 Å². The molecule has 0 amide bonds. The van der Waals surface area contributed by atoms with Crippen LogP contribution in [0.4, 0.5) is 0 Å². The molecule has 0 aliphatic carbocycles. The average molecular weight is 279 g/mol. The van der Waals surface area contributed by atoms with Gasteiger partial charge in [0.25, 0.3) is 0 Å². The molecule has 11 heavy (non-hydrogen) atoms. The van der Waals surface area contributed by atoms with Crippen molar-refractivity contribution in [3.05, 3.63) is 26.9 Å². The highest BCUT2D eigenvalue weighted by molar-refractivity contribution is 9.13. The molecule has 0 bridgehead atoms. The fourth-order valence-electron chi connectivity index (χ4n) is 0.745. The number of halogens is 2. The minimum atomic E-state index is 0.486. The molecule has 1 nitrogen and oxygen atoms in total. The Morgan fingerprint density at radius 1 is 1.27 bits per heavy atom. The smallest absolute Gasteiger partial charge is 0.0501 e. The zero-order valence-electron chi connectivity index (χ0n) is 6.44. The van der Waals surface area contributed by atoms with Crippen molar-refractivity contribution in [1.29, 1.82) is 0 Å². The van der Waals surface area contributed by atoms with Gasteiger partial charge in [0.15, 0.2) is 0 Å². The molecule has 1 heterocycles. The minimum Gasteiger partial charge on any atom is -0.260 e. The van der Waals surface area contributed by atoms with E-state index in [0.717, 1.165) is 14.6 Å².